The van der Waals surface area contributed by atoms with Crippen LogP contribution >= 0.6 is 0 Å². The maximum Gasteiger partial charge on any atom is 0.252 e. The van der Waals surface area contributed by atoms with E-state index in [9.17, 15) is 4.79 Å². The van der Waals surface area contributed by atoms with Gasteiger partial charge in [0.2, 0.25) is 0 Å². The zero-order valence-electron chi connectivity index (χ0n) is 8.24. The van der Waals surface area contributed by atoms with E-state index in [4.69, 9.17) is 10.2 Å². The molecule has 4 nitrogen and oxygen atoms in total. The average Bonchev–Trinajstić information content (AvgIpc) is 2.22. The number of phenols is 2. The van der Waals surface area contributed by atoms with Crippen molar-refractivity contribution in [1.82, 2.24) is 5.32 Å². The fourth-order valence-corrected chi connectivity index (χ4v) is 0.980. The lowest BCUT2D eigenvalue weighted by Crippen LogP contribution is -2.23. The second-order valence-corrected chi connectivity index (χ2v) is 2.81. The summed E-state index contributed by atoms with van der Waals surface area (Å²) in [7, 11) is 0. The van der Waals surface area contributed by atoms with Crippen molar-refractivity contribution in [1.29, 1.82) is 0 Å². The summed E-state index contributed by atoms with van der Waals surface area (Å²) < 4.78 is 0. The first-order valence-electron chi connectivity index (χ1n) is 4.35. The zero-order valence-corrected chi connectivity index (χ0v) is 8.24. The minimum Gasteiger partial charge on any atom is -0.504 e. The highest BCUT2D eigenvalue weighted by molar-refractivity contribution is 5.94. The smallest absolute Gasteiger partial charge is 0.252 e. The Bertz CT molecular complexity index is 429. The van der Waals surface area contributed by atoms with E-state index >= 15 is 0 Å². The van der Waals surface area contributed by atoms with Crippen molar-refractivity contribution in [3.05, 3.63) is 23.8 Å². The quantitative estimate of drug-likeness (QED) is 0.495. The lowest BCUT2D eigenvalue weighted by atomic mass is 10.2. The summed E-state index contributed by atoms with van der Waals surface area (Å²) in [6.45, 7) is 1.94. The van der Waals surface area contributed by atoms with Gasteiger partial charge in [-0.05, 0) is 25.1 Å². The number of phenolic OH excluding ortho intramolecular Hbond substituents is 2. The summed E-state index contributed by atoms with van der Waals surface area (Å²) >= 11 is 0. The van der Waals surface area contributed by atoms with E-state index in [0.29, 0.717) is 0 Å². The predicted octanol–water partition coefficient (Wildman–Crippen LogP) is 0.851. The van der Waals surface area contributed by atoms with Gasteiger partial charge in [-0.2, -0.15) is 0 Å². The van der Waals surface area contributed by atoms with E-state index in [0.717, 1.165) is 0 Å². The van der Waals surface area contributed by atoms with Crippen molar-refractivity contribution in [3.63, 3.8) is 0 Å². The summed E-state index contributed by atoms with van der Waals surface area (Å²) in [5, 5.41) is 20.7. The molecule has 0 radical (unpaired) electrons. The third-order valence-corrected chi connectivity index (χ3v) is 1.75. The molecule has 0 saturated heterocycles. The Kier molecular flexibility index (Phi) is 3.58. The number of carbonyl (C=O) groups excluding carboxylic acids is 1. The number of nitrogens with one attached hydrogen (secondary N) is 1. The molecule has 0 aliphatic carbocycles. The molecule has 1 aromatic rings. The maximum atomic E-state index is 11.4. The Morgan fingerprint density at radius 1 is 1.40 bits per heavy atom. The lowest BCUT2D eigenvalue weighted by Gasteiger charge is -2.02. The molecule has 1 rings (SSSR count). The van der Waals surface area contributed by atoms with Gasteiger partial charge < -0.3 is 15.5 Å². The molecule has 0 fully saturated rings. The van der Waals surface area contributed by atoms with Gasteiger partial charge in [0.1, 0.15) is 0 Å². The molecular formula is C11H11NO3. The molecule has 1 aromatic carbocycles. The number of hydrogen-bond donors (Lipinski definition) is 3. The number of rotatable bonds is 2. The maximum absolute atomic E-state index is 11.4. The normalized spacial score (nSPS) is 8.87. The van der Waals surface area contributed by atoms with Crippen LogP contribution in [0.1, 0.15) is 17.3 Å². The zero-order chi connectivity index (χ0) is 11.3. The number of carbonyl (C=O) groups is 1. The van der Waals surface area contributed by atoms with E-state index in [2.05, 4.69) is 17.2 Å². The summed E-state index contributed by atoms with van der Waals surface area (Å²) in [6, 6.07) is 3.88. The summed E-state index contributed by atoms with van der Waals surface area (Å²) in [4.78, 5) is 11.4. The molecule has 0 bridgehead atoms. The van der Waals surface area contributed by atoms with Crippen LogP contribution in [0.5, 0.6) is 11.5 Å². The Morgan fingerprint density at radius 3 is 2.73 bits per heavy atom. The van der Waals surface area contributed by atoms with Crippen LogP contribution in [0.25, 0.3) is 0 Å². The van der Waals surface area contributed by atoms with Crippen LogP contribution in [0, 0.1) is 11.8 Å². The summed E-state index contributed by atoms with van der Waals surface area (Å²) in [5.41, 5.74) is 0.281. The van der Waals surface area contributed by atoms with Crippen molar-refractivity contribution in [3.8, 4) is 23.3 Å². The number of hydrogen-bond acceptors (Lipinski definition) is 3. The highest BCUT2D eigenvalue weighted by Gasteiger charge is 2.07. The molecular weight excluding hydrogens is 194 g/mol. The van der Waals surface area contributed by atoms with E-state index in [1.54, 1.807) is 6.92 Å². The lowest BCUT2D eigenvalue weighted by molar-refractivity contribution is 0.0958. The van der Waals surface area contributed by atoms with Crippen molar-refractivity contribution < 1.29 is 15.0 Å². The molecule has 0 heterocycles. The van der Waals surface area contributed by atoms with Crippen LogP contribution in [0.4, 0.5) is 0 Å². The molecule has 4 heteroatoms. The number of amides is 1. The number of aromatic hydroxyl groups is 2. The topological polar surface area (TPSA) is 69.6 Å². The third-order valence-electron chi connectivity index (χ3n) is 1.75. The molecule has 0 aromatic heterocycles. The van der Waals surface area contributed by atoms with E-state index in [1.807, 2.05) is 0 Å². The largest absolute Gasteiger partial charge is 0.504 e. The number of benzene rings is 1. The minimum absolute atomic E-state index is 0.250. The van der Waals surface area contributed by atoms with Crippen LogP contribution in [0.3, 0.4) is 0 Å². The van der Waals surface area contributed by atoms with Crippen LogP contribution in [-0.2, 0) is 0 Å². The van der Waals surface area contributed by atoms with Crippen molar-refractivity contribution >= 4 is 5.91 Å². The first-order chi connectivity index (χ1) is 7.15. The van der Waals surface area contributed by atoms with Gasteiger partial charge in [0, 0.05) is 5.56 Å². The van der Waals surface area contributed by atoms with Gasteiger partial charge in [0.15, 0.2) is 11.5 Å². The van der Waals surface area contributed by atoms with Crippen LogP contribution in [0.2, 0.25) is 0 Å². The molecule has 1 amide bonds. The molecule has 0 aliphatic heterocycles. The fourth-order valence-electron chi connectivity index (χ4n) is 0.980. The Labute approximate surface area is 87.6 Å². The molecule has 0 atom stereocenters. The standard InChI is InChI=1S/C11H11NO3/c1-2-3-6-12-11(15)8-4-5-9(13)10(14)7-8/h4-5,7,13-14H,6H2,1H3,(H,12,15). The molecule has 15 heavy (non-hydrogen) atoms. The average molecular weight is 205 g/mol. The van der Waals surface area contributed by atoms with Gasteiger partial charge >= 0.3 is 0 Å². The SMILES string of the molecule is CC#CCNC(=O)c1ccc(O)c(O)c1. The highest BCUT2D eigenvalue weighted by atomic mass is 16.3. The van der Waals surface area contributed by atoms with E-state index < -0.39 is 0 Å². The van der Waals surface area contributed by atoms with Gasteiger partial charge in [-0.25, -0.2) is 0 Å². The molecule has 0 aliphatic rings. The molecule has 3 N–H and O–H groups in total. The molecule has 0 spiro atoms. The van der Waals surface area contributed by atoms with Crippen LogP contribution in [0.15, 0.2) is 18.2 Å². The Morgan fingerprint density at radius 2 is 2.13 bits per heavy atom. The van der Waals surface area contributed by atoms with Gasteiger partial charge in [-0.1, -0.05) is 5.92 Å². The second kappa shape index (κ2) is 4.91. The highest BCUT2D eigenvalue weighted by Crippen LogP contribution is 2.24. The van der Waals surface area contributed by atoms with Gasteiger partial charge in [-0.15, -0.1) is 5.92 Å². The van der Waals surface area contributed by atoms with Crippen molar-refractivity contribution in [2.75, 3.05) is 6.54 Å². The van der Waals surface area contributed by atoms with Crippen LogP contribution < -0.4 is 5.32 Å². The first-order valence-corrected chi connectivity index (χ1v) is 4.35. The third kappa shape index (κ3) is 2.92. The fraction of sp³-hybridized carbons (Fsp3) is 0.182. The van der Waals surface area contributed by atoms with Gasteiger partial charge in [-0.3, -0.25) is 4.79 Å². The van der Waals surface area contributed by atoms with Crippen molar-refractivity contribution in [2.24, 2.45) is 0 Å². The Hall–Kier alpha value is -2.15. The Balaban J connectivity index is 2.72. The van der Waals surface area contributed by atoms with E-state index in [-0.39, 0.29) is 29.5 Å². The van der Waals surface area contributed by atoms with E-state index in [1.165, 1.54) is 18.2 Å². The summed E-state index contributed by atoms with van der Waals surface area (Å²) in [5.74, 6) is 4.42. The van der Waals surface area contributed by atoms with Crippen LogP contribution in [-0.4, -0.2) is 22.7 Å². The van der Waals surface area contributed by atoms with Gasteiger partial charge in [0.25, 0.3) is 5.91 Å². The second-order valence-electron chi connectivity index (χ2n) is 2.81. The van der Waals surface area contributed by atoms with Gasteiger partial charge in [0.05, 0.1) is 6.54 Å². The molecule has 0 saturated carbocycles. The minimum atomic E-state index is -0.340. The summed E-state index contributed by atoms with van der Waals surface area (Å²) in [6.07, 6.45) is 0. The monoisotopic (exact) mass is 205 g/mol. The predicted molar refractivity (Wildman–Crippen MR) is 55.6 cm³/mol. The first kappa shape index (κ1) is 10.9. The van der Waals surface area contributed by atoms with Crippen molar-refractivity contribution in [2.45, 2.75) is 6.92 Å². The molecule has 0 unspecified atom stereocenters. The molecule has 78 valence electrons.